The van der Waals surface area contributed by atoms with Crippen LogP contribution in [0.15, 0.2) is 60.8 Å². The number of rotatable bonds is 7. The van der Waals surface area contributed by atoms with Crippen LogP contribution in [0.1, 0.15) is 15.9 Å². The molecule has 1 amide bonds. The lowest BCUT2D eigenvalue weighted by atomic mass is 10.2. The average Bonchev–Trinajstić information content (AvgIpc) is 2.73. The quantitative estimate of drug-likeness (QED) is 0.608. The first-order valence-electron chi connectivity index (χ1n) is 8.57. The highest BCUT2D eigenvalue weighted by Gasteiger charge is 2.11. The Morgan fingerprint density at radius 2 is 1.75 bits per heavy atom. The van der Waals surface area contributed by atoms with Crippen molar-refractivity contribution in [2.24, 2.45) is 0 Å². The van der Waals surface area contributed by atoms with Gasteiger partial charge in [-0.15, -0.1) is 0 Å². The van der Waals surface area contributed by atoms with Crippen molar-refractivity contribution in [2.45, 2.75) is 6.54 Å². The van der Waals surface area contributed by atoms with Crippen molar-refractivity contribution in [3.63, 3.8) is 0 Å². The van der Waals surface area contributed by atoms with Gasteiger partial charge in [-0.3, -0.25) is 4.79 Å². The van der Waals surface area contributed by atoms with Gasteiger partial charge in [-0.2, -0.15) is 0 Å². The molecule has 0 aliphatic rings. The van der Waals surface area contributed by atoms with Gasteiger partial charge >= 0.3 is 0 Å². The number of hydrogen-bond donors (Lipinski definition) is 2. The van der Waals surface area contributed by atoms with Crippen LogP contribution in [0.3, 0.4) is 0 Å². The number of nitrogens with zero attached hydrogens (tertiary/aromatic N) is 1. The van der Waals surface area contributed by atoms with Crippen molar-refractivity contribution in [3.05, 3.63) is 76.9 Å². The van der Waals surface area contributed by atoms with Crippen LogP contribution in [0.4, 0.5) is 11.5 Å². The van der Waals surface area contributed by atoms with E-state index >= 15 is 0 Å². The van der Waals surface area contributed by atoms with E-state index in [1.807, 2.05) is 30.3 Å². The normalized spacial score (nSPS) is 10.2. The van der Waals surface area contributed by atoms with Crippen LogP contribution < -0.4 is 20.1 Å². The number of halogens is 1. The van der Waals surface area contributed by atoms with Gasteiger partial charge in [-0.25, -0.2) is 4.98 Å². The van der Waals surface area contributed by atoms with Gasteiger partial charge in [0, 0.05) is 23.2 Å². The minimum Gasteiger partial charge on any atom is -0.497 e. The van der Waals surface area contributed by atoms with Crippen molar-refractivity contribution in [3.8, 4) is 11.5 Å². The fourth-order valence-electron chi connectivity index (χ4n) is 2.54. The zero-order valence-corrected chi connectivity index (χ0v) is 16.3. The molecule has 144 valence electrons. The third-order valence-corrected chi connectivity index (χ3v) is 4.43. The van der Waals surface area contributed by atoms with Gasteiger partial charge in [0.2, 0.25) is 0 Å². The summed E-state index contributed by atoms with van der Waals surface area (Å²) >= 11 is 6.15. The van der Waals surface area contributed by atoms with Gasteiger partial charge in [0.05, 0.1) is 26.1 Å². The first kappa shape index (κ1) is 19.5. The van der Waals surface area contributed by atoms with Crippen LogP contribution in [-0.2, 0) is 6.54 Å². The van der Waals surface area contributed by atoms with E-state index in [-0.39, 0.29) is 5.91 Å². The molecule has 0 fully saturated rings. The molecule has 2 N–H and O–H groups in total. The molecule has 0 unspecified atom stereocenters. The standard InChI is InChI=1S/C21H20ClN3O3/c1-27-17-9-15(10-18(11-17)28-2)21(26)25-20-8-7-16(13-24-20)23-12-14-5-3-4-6-19(14)22/h3-11,13,23H,12H2,1-2H3,(H,24,25,26). The maximum Gasteiger partial charge on any atom is 0.257 e. The first-order valence-corrected chi connectivity index (χ1v) is 8.94. The lowest BCUT2D eigenvalue weighted by Crippen LogP contribution is -2.13. The Kier molecular flexibility index (Phi) is 6.34. The Hall–Kier alpha value is -3.25. The Morgan fingerprint density at radius 1 is 1.04 bits per heavy atom. The zero-order valence-electron chi connectivity index (χ0n) is 15.5. The number of anilines is 2. The van der Waals surface area contributed by atoms with E-state index in [0.29, 0.717) is 34.4 Å². The molecule has 7 heteroatoms. The molecule has 3 aromatic rings. The predicted octanol–water partition coefficient (Wildman–Crippen LogP) is 4.62. The van der Waals surface area contributed by atoms with Gasteiger partial charge in [0.25, 0.3) is 5.91 Å². The monoisotopic (exact) mass is 397 g/mol. The summed E-state index contributed by atoms with van der Waals surface area (Å²) < 4.78 is 10.4. The number of ether oxygens (including phenoxy) is 2. The third-order valence-electron chi connectivity index (χ3n) is 4.06. The number of methoxy groups -OCH3 is 2. The number of benzene rings is 2. The molecule has 0 aliphatic carbocycles. The van der Waals surface area contributed by atoms with Crippen LogP contribution in [0.2, 0.25) is 5.02 Å². The molecule has 0 bridgehead atoms. The predicted molar refractivity (Wildman–Crippen MR) is 111 cm³/mol. The molecule has 1 heterocycles. The van der Waals surface area contributed by atoms with E-state index in [4.69, 9.17) is 21.1 Å². The summed E-state index contributed by atoms with van der Waals surface area (Å²) in [6.45, 7) is 0.580. The smallest absolute Gasteiger partial charge is 0.257 e. The number of pyridine rings is 1. The molecule has 0 aliphatic heterocycles. The van der Waals surface area contributed by atoms with Crippen molar-refractivity contribution < 1.29 is 14.3 Å². The molecule has 0 saturated carbocycles. The molecule has 0 radical (unpaired) electrons. The van der Waals surface area contributed by atoms with Crippen molar-refractivity contribution in [2.75, 3.05) is 24.9 Å². The van der Waals surface area contributed by atoms with Gasteiger partial charge in [0.1, 0.15) is 17.3 Å². The molecule has 1 aromatic heterocycles. The summed E-state index contributed by atoms with van der Waals surface area (Å²) in [6.07, 6.45) is 1.65. The SMILES string of the molecule is COc1cc(OC)cc(C(=O)Nc2ccc(NCc3ccccc3Cl)cn2)c1. The fourth-order valence-corrected chi connectivity index (χ4v) is 2.74. The van der Waals surface area contributed by atoms with Gasteiger partial charge in [0.15, 0.2) is 0 Å². The largest absolute Gasteiger partial charge is 0.497 e. The van der Waals surface area contributed by atoms with Gasteiger partial charge in [-0.1, -0.05) is 29.8 Å². The lowest BCUT2D eigenvalue weighted by Gasteiger charge is -2.10. The van der Waals surface area contributed by atoms with E-state index in [1.165, 1.54) is 14.2 Å². The maximum absolute atomic E-state index is 12.5. The number of carbonyl (C=O) groups excluding carboxylic acids is 1. The highest BCUT2D eigenvalue weighted by atomic mass is 35.5. The Balaban J connectivity index is 1.64. The number of carbonyl (C=O) groups is 1. The topological polar surface area (TPSA) is 72.5 Å². The molecule has 0 spiro atoms. The minimum absolute atomic E-state index is 0.304. The Morgan fingerprint density at radius 3 is 2.36 bits per heavy atom. The van der Waals surface area contributed by atoms with Crippen LogP contribution >= 0.6 is 11.6 Å². The molecular weight excluding hydrogens is 378 g/mol. The van der Waals surface area contributed by atoms with Gasteiger partial charge in [-0.05, 0) is 35.9 Å². The average molecular weight is 398 g/mol. The molecule has 6 nitrogen and oxygen atoms in total. The highest BCUT2D eigenvalue weighted by molar-refractivity contribution is 6.31. The van der Waals surface area contributed by atoms with Crippen molar-refractivity contribution in [1.82, 2.24) is 4.98 Å². The summed E-state index contributed by atoms with van der Waals surface area (Å²) in [6, 6.07) is 16.2. The molecule has 3 rings (SSSR count). The highest BCUT2D eigenvalue weighted by Crippen LogP contribution is 2.23. The van der Waals surface area contributed by atoms with Crippen molar-refractivity contribution >= 4 is 29.0 Å². The lowest BCUT2D eigenvalue weighted by molar-refractivity contribution is 0.102. The van der Waals surface area contributed by atoms with E-state index in [0.717, 1.165) is 11.3 Å². The van der Waals surface area contributed by atoms with Crippen LogP contribution in [-0.4, -0.2) is 25.1 Å². The van der Waals surface area contributed by atoms with E-state index in [1.54, 1.807) is 30.5 Å². The molecule has 28 heavy (non-hydrogen) atoms. The summed E-state index contributed by atoms with van der Waals surface area (Å²) in [5.41, 5.74) is 2.23. The second-order valence-electron chi connectivity index (χ2n) is 5.93. The zero-order chi connectivity index (χ0) is 19.9. The number of nitrogens with one attached hydrogen (secondary N) is 2. The van der Waals surface area contributed by atoms with E-state index < -0.39 is 0 Å². The molecule has 2 aromatic carbocycles. The summed E-state index contributed by atoms with van der Waals surface area (Å²) in [7, 11) is 3.07. The van der Waals surface area contributed by atoms with Crippen LogP contribution in [0.5, 0.6) is 11.5 Å². The minimum atomic E-state index is -0.304. The summed E-state index contributed by atoms with van der Waals surface area (Å²) in [5, 5.41) is 6.72. The van der Waals surface area contributed by atoms with Crippen LogP contribution in [0, 0.1) is 0 Å². The molecule has 0 atom stereocenters. The number of hydrogen-bond acceptors (Lipinski definition) is 5. The van der Waals surface area contributed by atoms with E-state index in [2.05, 4.69) is 15.6 Å². The van der Waals surface area contributed by atoms with Crippen molar-refractivity contribution in [1.29, 1.82) is 0 Å². The molecular formula is C21H20ClN3O3. The fraction of sp³-hybridized carbons (Fsp3) is 0.143. The second kappa shape index (κ2) is 9.10. The number of amides is 1. The van der Waals surface area contributed by atoms with E-state index in [9.17, 15) is 4.79 Å². The second-order valence-corrected chi connectivity index (χ2v) is 6.34. The molecule has 0 saturated heterocycles. The van der Waals surface area contributed by atoms with Gasteiger partial charge < -0.3 is 20.1 Å². The summed E-state index contributed by atoms with van der Waals surface area (Å²) in [5.74, 6) is 1.21. The summed E-state index contributed by atoms with van der Waals surface area (Å²) in [4.78, 5) is 16.8. The first-order chi connectivity index (χ1) is 13.6. The Labute approximate surface area is 168 Å². The Bertz CT molecular complexity index is 939. The third kappa shape index (κ3) is 4.92. The van der Waals surface area contributed by atoms with Crippen LogP contribution in [0.25, 0.3) is 0 Å². The number of aromatic nitrogens is 1. The maximum atomic E-state index is 12.5.